The highest BCUT2D eigenvalue weighted by molar-refractivity contribution is 9.09. The molecule has 0 aliphatic heterocycles. The summed E-state index contributed by atoms with van der Waals surface area (Å²) in [4.78, 5) is 15.5. The molecule has 92 valence electrons. The molecule has 2 rings (SSSR count). The van der Waals surface area contributed by atoms with Gasteiger partial charge in [-0.25, -0.2) is 9.38 Å². The average Bonchev–Trinajstić information content (AvgIpc) is 2.60. The second-order valence-electron chi connectivity index (χ2n) is 3.37. The van der Waals surface area contributed by atoms with E-state index in [0.29, 0.717) is 10.1 Å². The van der Waals surface area contributed by atoms with Crippen LogP contribution in [0.5, 0.6) is 0 Å². The molecule has 0 aromatic carbocycles. The van der Waals surface area contributed by atoms with Crippen molar-refractivity contribution in [1.29, 1.82) is 0 Å². The SMILES string of the molecule is CC(Br)c1cc(=O)n2c(C(F)(F)F)csc2n1. The van der Waals surface area contributed by atoms with Gasteiger partial charge >= 0.3 is 6.18 Å². The summed E-state index contributed by atoms with van der Waals surface area (Å²) in [6.45, 7) is 1.75. The Morgan fingerprint density at radius 3 is 2.71 bits per heavy atom. The quantitative estimate of drug-likeness (QED) is 0.754. The van der Waals surface area contributed by atoms with Crippen molar-refractivity contribution in [2.75, 3.05) is 0 Å². The topological polar surface area (TPSA) is 34.4 Å². The molecule has 2 aromatic rings. The maximum Gasteiger partial charge on any atom is 0.432 e. The molecule has 8 heteroatoms. The van der Waals surface area contributed by atoms with E-state index in [1.54, 1.807) is 6.92 Å². The summed E-state index contributed by atoms with van der Waals surface area (Å²) in [5.41, 5.74) is -1.28. The Labute approximate surface area is 106 Å². The first kappa shape index (κ1) is 12.6. The molecule has 0 radical (unpaired) electrons. The van der Waals surface area contributed by atoms with Crippen LogP contribution < -0.4 is 5.56 Å². The number of thiazole rings is 1. The van der Waals surface area contributed by atoms with Crippen molar-refractivity contribution in [1.82, 2.24) is 9.38 Å². The molecule has 0 aliphatic carbocycles. The zero-order chi connectivity index (χ0) is 12.8. The number of alkyl halides is 4. The fourth-order valence-corrected chi connectivity index (χ4v) is 2.48. The van der Waals surface area contributed by atoms with Gasteiger partial charge < -0.3 is 0 Å². The van der Waals surface area contributed by atoms with Gasteiger partial charge in [0.15, 0.2) is 4.96 Å². The molecule has 0 saturated carbocycles. The minimum Gasteiger partial charge on any atom is -0.269 e. The number of rotatable bonds is 1. The van der Waals surface area contributed by atoms with Crippen LogP contribution in [0.3, 0.4) is 0 Å². The van der Waals surface area contributed by atoms with E-state index in [9.17, 15) is 18.0 Å². The van der Waals surface area contributed by atoms with E-state index in [-0.39, 0.29) is 9.79 Å². The number of fused-ring (bicyclic) bond motifs is 1. The number of hydrogen-bond acceptors (Lipinski definition) is 3. The Morgan fingerprint density at radius 1 is 1.53 bits per heavy atom. The fourth-order valence-electron chi connectivity index (χ4n) is 1.34. The van der Waals surface area contributed by atoms with Gasteiger partial charge in [0, 0.05) is 11.4 Å². The third-order valence-electron chi connectivity index (χ3n) is 2.12. The molecule has 1 atom stereocenters. The van der Waals surface area contributed by atoms with Crippen molar-refractivity contribution in [3.05, 3.63) is 33.2 Å². The highest BCUT2D eigenvalue weighted by Gasteiger charge is 2.35. The van der Waals surface area contributed by atoms with Crippen LogP contribution in [0.2, 0.25) is 0 Å². The highest BCUT2D eigenvalue weighted by Crippen LogP contribution is 2.31. The maximum absolute atomic E-state index is 12.6. The molecule has 3 nitrogen and oxygen atoms in total. The number of halogens is 4. The average molecular weight is 327 g/mol. The van der Waals surface area contributed by atoms with Crippen LogP contribution in [0, 0.1) is 0 Å². The van der Waals surface area contributed by atoms with Crippen molar-refractivity contribution in [2.24, 2.45) is 0 Å². The lowest BCUT2D eigenvalue weighted by Gasteiger charge is -2.06. The molecule has 0 aliphatic rings. The van der Waals surface area contributed by atoms with Crippen molar-refractivity contribution in [3.8, 4) is 0 Å². The van der Waals surface area contributed by atoms with Gasteiger partial charge in [0.2, 0.25) is 0 Å². The Bertz CT molecular complexity index is 617. The van der Waals surface area contributed by atoms with Crippen LogP contribution in [-0.4, -0.2) is 9.38 Å². The molecule has 0 bridgehead atoms. The first-order chi connectivity index (χ1) is 7.80. The first-order valence-corrected chi connectivity index (χ1v) is 6.32. The summed E-state index contributed by atoms with van der Waals surface area (Å²) in [6.07, 6.45) is -4.55. The molecule has 2 heterocycles. The molecular weight excluding hydrogens is 321 g/mol. The second-order valence-corrected chi connectivity index (χ2v) is 5.58. The van der Waals surface area contributed by atoms with Crippen LogP contribution >= 0.6 is 27.3 Å². The van der Waals surface area contributed by atoms with Crippen LogP contribution in [0.4, 0.5) is 13.2 Å². The number of hydrogen-bond donors (Lipinski definition) is 0. The van der Waals surface area contributed by atoms with Gasteiger partial charge in [-0.1, -0.05) is 15.9 Å². The Morgan fingerprint density at radius 2 is 2.18 bits per heavy atom. The summed E-state index contributed by atoms with van der Waals surface area (Å²) in [5.74, 6) is 0. The Hall–Kier alpha value is -0.890. The zero-order valence-electron chi connectivity index (χ0n) is 8.45. The maximum atomic E-state index is 12.6. The second kappa shape index (κ2) is 4.09. The molecule has 0 saturated heterocycles. The molecule has 17 heavy (non-hydrogen) atoms. The molecular formula is C9H6BrF3N2OS. The van der Waals surface area contributed by atoms with Gasteiger partial charge in [-0.15, -0.1) is 11.3 Å². The molecule has 1 unspecified atom stereocenters. The zero-order valence-corrected chi connectivity index (χ0v) is 10.9. The van der Waals surface area contributed by atoms with Gasteiger partial charge in [0.25, 0.3) is 5.56 Å². The van der Waals surface area contributed by atoms with Crippen molar-refractivity contribution in [2.45, 2.75) is 17.9 Å². The molecule has 0 amide bonds. The first-order valence-electron chi connectivity index (χ1n) is 4.53. The van der Waals surface area contributed by atoms with Crippen LogP contribution in [0.15, 0.2) is 16.2 Å². The minimum absolute atomic E-state index is 0.0473. The van der Waals surface area contributed by atoms with E-state index in [2.05, 4.69) is 20.9 Å². The predicted octanol–water partition coefficient (Wildman–Crippen LogP) is 3.23. The summed E-state index contributed by atoms with van der Waals surface area (Å²) in [5, 5.41) is 0.895. The molecule has 2 aromatic heterocycles. The lowest BCUT2D eigenvalue weighted by molar-refractivity contribution is -0.141. The molecule has 0 N–H and O–H groups in total. The standard InChI is InChI=1S/C9H6BrF3N2OS/c1-4(10)5-2-7(16)15-6(9(11,12)13)3-17-8(15)14-5/h2-4H,1H3. The Balaban J connectivity index is 2.76. The van der Waals surface area contributed by atoms with Crippen molar-refractivity contribution < 1.29 is 13.2 Å². The lowest BCUT2D eigenvalue weighted by atomic mass is 10.3. The Kier molecular flexibility index (Phi) is 3.03. The van der Waals surface area contributed by atoms with E-state index in [1.165, 1.54) is 0 Å². The highest BCUT2D eigenvalue weighted by atomic mass is 79.9. The van der Waals surface area contributed by atoms with Gasteiger partial charge in [-0.05, 0) is 6.92 Å². The number of nitrogens with zero attached hydrogens (tertiary/aromatic N) is 2. The monoisotopic (exact) mass is 326 g/mol. The van der Waals surface area contributed by atoms with Gasteiger partial charge in [0.05, 0.1) is 10.5 Å². The van der Waals surface area contributed by atoms with E-state index in [4.69, 9.17) is 0 Å². The van der Waals surface area contributed by atoms with Crippen molar-refractivity contribution in [3.63, 3.8) is 0 Å². The van der Waals surface area contributed by atoms with E-state index in [1.807, 2.05) is 0 Å². The summed E-state index contributed by atoms with van der Waals surface area (Å²) >= 11 is 4.02. The third kappa shape index (κ3) is 2.23. The van der Waals surface area contributed by atoms with Gasteiger partial charge in [-0.3, -0.25) is 4.79 Å². The third-order valence-corrected chi connectivity index (χ3v) is 3.42. The lowest BCUT2D eigenvalue weighted by Crippen LogP contribution is -2.20. The fraction of sp³-hybridized carbons (Fsp3) is 0.333. The van der Waals surface area contributed by atoms with Gasteiger partial charge in [0.1, 0.15) is 5.69 Å². The minimum atomic E-state index is -4.55. The van der Waals surface area contributed by atoms with Crippen LogP contribution in [0.1, 0.15) is 23.1 Å². The molecule has 0 spiro atoms. The predicted molar refractivity (Wildman–Crippen MR) is 61.7 cm³/mol. The normalized spacial score (nSPS) is 14.2. The summed E-state index contributed by atoms with van der Waals surface area (Å²) < 4.78 is 38.4. The van der Waals surface area contributed by atoms with E-state index in [0.717, 1.165) is 22.8 Å². The van der Waals surface area contributed by atoms with Crippen molar-refractivity contribution >= 4 is 32.2 Å². The largest absolute Gasteiger partial charge is 0.432 e. The van der Waals surface area contributed by atoms with Gasteiger partial charge in [-0.2, -0.15) is 13.2 Å². The smallest absolute Gasteiger partial charge is 0.269 e. The van der Waals surface area contributed by atoms with Crippen LogP contribution in [0.25, 0.3) is 4.96 Å². The summed E-state index contributed by atoms with van der Waals surface area (Å²) in [6, 6.07) is 1.11. The summed E-state index contributed by atoms with van der Waals surface area (Å²) in [7, 11) is 0. The van der Waals surface area contributed by atoms with E-state index >= 15 is 0 Å². The van der Waals surface area contributed by atoms with E-state index < -0.39 is 17.4 Å². The van der Waals surface area contributed by atoms with Crippen LogP contribution in [-0.2, 0) is 6.18 Å². The number of aromatic nitrogens is 2. The molecule has 0 fully saturated rings.